The molecule has 3 nitrogen and oxygen atoms in total. The molecule has 2 rings (SSSR count). The molecule has 0 amide bonds. The van der Waals surface area contributed by atoms with Crippen molar-refractivity contribution in [2.75, 3.05) is 6.61 Å². The molecule has 1 aliphatic carbocycles. The van der Waals surface area contributed by atoms with Gasteiger partial charge in [-0.25, -0.2) is 0 Å². The summed E-state index contributed by atoms with van der Waals surface area (Å²) in [4.78, 5) is 11.5. The first-order valence-corrected chi connectivity index (χ1v) is 4.53. The number of rotatable bonds is 0. The number of esters is 1. The molecule has 0 bridgehead atoms. The average Bonchev–Trinajstić information content (AvgIpc) is 2.31. The predicted molar refractivity (Wildman–Crippen MR) is 46.9 cm³/mol. The van der Waals surface area contributed by atoms with Crippen molar-refractivity contribution >= 4 is 5.97 Å². The third kappa shape index (κ3) is 0.854. The molecule has 0 aromatic rings. The van der Waals surface area contributed by atoms with Gasteiger partial charge in [-0.15, -0.1) is 0 Å². The van der Waals surface area contributed by atoms with Crippen molar-refractivity contribution in [3.63, 3.8) is 0 Å². The molecule has 2 aliphatic rings. The van der Waals surface area contributed by atoms with Gasteiger partial charge in [0.05, 0.1) is 12.7 Å². The molecule has 0 unspecified atom stereocenters. The molecule has 0 spiro atoms. The molecule has 72 valence electrons. The topological polar surface area (TPSA) is 46.5 Å². The standard InChI is InChI=1S/C10H14O3/c1-9-5-3-4-7(11)10(9,2)8(12)13-6-9/h3-4,7,11H,5-6H2,1-2H3/t7-,9-,10+/m1/s1. The number of ether oxygens (including phenoxy) is 1. The molecular formula is C10H14O3. The van der Waals surface area contributed by atoms with Crippen LogP contribution in [0, 0.1) is 10.8 Å². The van der Waals surface area contributed by atoms with Crippen molar-refractivity contribution in [1.29, 1.82) is 0 Å². The lowest BCUT2D eigenvalue weighted by molar-refractivity contribution is -0.151. The van der Waals surface area contributed by atoms with Crippen LogP contribution in [0.4, 0.5) is 0 Å². The zero-order chi connectivity index (χ0) is 9.69. The fourth-order valence-electron chi connectivity index (χ4n) is 2.17. The van der Waals surface area contributed by atoms with Crippen LogP contribution in [0.5, 0.6) is 0 Å². The van der Waals surface area contributed by atoms with Crippen LogP contribution in [-0.2, 0) is 9.53 Å². The molecule has 1 heterocycles. The number of carbonyl (C=O) groups is 1. The Morgan fingerprint density at radius 1 is 1.62 bits per heavy atom. The highest BCUT2D eigenvalue weighted by Crippen LogP contribution is 2.52. The van der Waals surface area contributed by atoms with Gasteiger partial charge in [0.25, 0.3) is 0 Å². The van der Waals surface area contributed by atoms with Crippen LogP contribution in [0.3, 0.4) is 0 Å². The van der Waals surface area contributed by atoms with Gasteiger partial charge < -0.3 is 9.84 Å². The summed E-state index contributed by atoms with van der Waals surface area (Å²) in [6, 6.07) is 0. The molecule has 0 radical (unpaired) electrons. The van der Waals surface area contributed by atoms with Crippen molar-refractivity contribution in [3.8, 4) is 0 Å². The number of hydrogen-bond acceptors (Lipinski definition) is 3. The Morgan fingerprint density at radius 2 is 2.31 bits per heavy atom. The lowest BCUT2D eigenvalue weighted by Gasteiger charge is -2.40. The van der Waals surface area contributed by atoms with E-state index in [-0.39, 0.29) is 11.4 Å². The second-order valence-corrected chi connectivity index (χ2v) is 4.42. The zero-order valence-corrected chi connectivity index (χ0v) is 7.91. The SMILES string of the molecule is C[C@]12CC=C[C@@H](O)[C@@]1(C)C(=O)OC2. The quantitative estimate of drug-likeness (QED) is 0.447. The summed E-state index contributed by atoms with van der Waals surface area (Å²) in [6.45, 7) is 4.20. The van der Waals surface area contributed by atoms with Crippen LogP contribution in [-0.4, -0.2) is 23.8 Å². The first kappa shape index (κ1) is 8.75. The molecular weight excluding hydrogens is 168 g/mol. The second kappa shape index (κ2) is 2.35. The number of aliphatic hydroxyl groups excluding tert-OH is 1. The monoisotopic (exact) mass is 182 g/mol. The Bertz CT molecular complexity index is 284. The Balaban J connectivity index is 2.49. The summed E-state index contributed by atoms with van der Waals surface area (Å²) >= 11 is 0. The molecule has 1 N–H and O–H groups in total. The molecule has 0 saturated carbocycles. The van der Waals surface area contributed by atoms with E-state index in [2.05, 4.69) is 0 Å². The van der Waals surface area contributed by atoms with Gasteiger partial charge in [-0.05, 0) is 13.3 Å². The van der Waals surface area contributed by atoms with E-state index in [1.165, 1.54) is 0 Å². The molecule has 1 aliphatic heterocycles. The van der Waals surface area contributed by atoms with E-state index in [1.807, 2.05) is 13.0 Å². The predicted octanol–water partition coefficient (Wildman–Crippen LogP) is 0.877. The van der Waals surface area contributed by atoms with Crippen LogP contribution in [0.15, 0.2) is 12.2 Å². The van der Waals surface area contributed by atoms with Gasteiger partial charge in [0.1, 0.15) is 5.41 Å². The van der Waals surface area contributed by atoms with E-state index < -0.39 is 11.5 Å². The first-order chi connectivity index (χ1) is 6.01. The van der Waals surface area contributed by atoms with Gasteiger partial charge >= 0.3 is 5.97 Å². The number of carbonyl (C=O) groups excluding carboxylic acids is 1. The number of aliphatic hydroxyl groups is 1. The Hall–Kier alpha value is -0.830. The van der Waals surface area contributed by atoms with Crippen LogP contribution < -0.4 is 0 Å². The van der Waals surface area contributed by atoms with Crippen molar-refractivity contribution in [2.45, 2.75) is 26.4 Å². The summed E-state index contributed by atoms with van der Waals surface area (Å²) < 4.78 is 5.04. The van der Waals surface area contributed by atoms with Crippen LogP contribution >= 0.6 is 0 Å². The third-order valence-electron chi connectivity index (χ3n) is 3.68. The lowest BCUT2D eigenvalue weighted by atomic mass is 9.60. The number of hydrogen-bond donors (Lipinski definition) is 1. The number of allylic oxidation sites excluding steroid dienone is 1. The maximum absolute atomic E-state index is 11.5. The molecule has 1 saturated heterocycles. The van der Waals surface area contributed by atoms with E-state index in [1.54, 1.807) is 13.0 Å². The number of cyclic esters (lactones) is 1. The van der Waals surface area contributed by atoms with Gasteiger partial charge in [0.2, 0.25) is 0 Å². The summed E-state index contributed by atoms with van der Waals surface area (Å²) in [7, 11) is 0. The fraction of sp³-hybridized carbons (Fsp3) is 0.700. The Morgan fingerprint density at radius 3 is 2.92 bits per heavy atom. The molecule has 1 fully saturated rings. The Kier molecular flexibility index (Phi) is 1.58. The molecule has 3 heteroatoms. The first-order valence-electron chi connectivity index (χ1n) is 4.53. The smallest absolute Gasteiger partial charge is 0.315 e. The highest BCUT2D eigenvalue weighted by Gasteiger charge is 2.61. The van der Waals surface area contributed by atoms with Crippen molar-refractivity contribution in [3.05, 3.63) is 12.2 Å². The lowest BCUT2D eigenvalue weighted by Crippen LogP contribution is -2.48. The Labute approximate surface area is 77.4 Å². The summed E-state index contributed by atoms with van der Waals surface area (Å²) in [5, 5.41) is 9.79. The van der Waals surface area contributed by atoms with Crippen molar-refractivity contribution < 1.29 is 14.6 Å². The highest BCUT2D eigenvalue weighted by atomic mass is 16.5. The van der Waals surface area contributed by atoms with Gasteiger partial charge in [0.15, 0.2) is 0 Å². The van der Waals surface area contributed by atoms with E-state index in [0.29, 0.717) is 6.61 Å². The third-order valence-corrected chi connectivity index (χ3v) is 3.68. The normalized spacial score (nSPS) is 48.8. The van der Waals surface area contributed by atoms with Crippen molar-refractivity contribution in [2.24, 2.45) is 10.8 Å². The van der Waals surface area contributed by atoms with Crippen LogP contribution in [0.1, 0.15) is 20.3 Å². The zero-order valence-electron chi connectivity index (χ0n) is 7.91. The summed E-state index contributed by atoms with van der Waals surface area (Å²) in [5.41, 5.74) is -0.986. The van der Waals surface area contributed by atoms with Crippen LogP contribution in [0.2, 0.25) is 0 Å². The minimum atomic E-state index is -0.748. The molecule has 0 aromatic carbocycles. The van der Waals surface area contributed by atoms with E-state index in [4.69, 9.17) is 4.74 Å². The highest BCUT2D eigenvalue weighted by molar-refractivity contribution is 5.81. The molecule has 13 heavy (non-hydrogen) atoms. The van der Waals surface area contributed by atoms with Gasteiger partial charge in [-0.2, -0.15) is 0 Å². The minimum Gasteiger partial charge on any atom is -0.465 e. The van der Waals surface area contributed by atoms with E-state index in [0.717, 1.165) is 6.42 Å². The van der Waals surface area contributed by atoms with Gasteiger partial charge in [-0.3, -0.25) is 4.79 Å². The van der Waals surface area contributed by atoms with Gasteiger partial charge in [-0.1, -0.05) is 19.1 Å². The summed E-state index contributed by atoms with van der Waals surface area (Å²) in [6.07, 6.45) is 3.70. The molecule has 0 aromatic heterocycles. The maximum Gasteiger partial charge on any atom is 0.315 e. The number of fused-ring (bicyclic) bond motifs is 1. The van der Waals surface area contributed by atoms with Gasteiger partial charge in [0, 0.05) is 5.41 Å². The minimum absolute atomic E-state index is 0.238. The average molecular weight is 182 g/mol. The van der Waals surface area contributed by atoms with Crippen molar-refractivity contribution in [1.82, 2.24) is 0 Å². The largest absolute Gasteiger partial charge is 0.465 e. The van der Waals surface area contributed by atoms with E-state index in [9.17, 15) is 9.90 Å². The van der Waals surface area contributed by atoms with Crippen LogP contribution in [0.25, 0.3) is 0 Å². The molecule has 3 atom stereocenters. The fourth-order valence-corrected chi connectivity index (χ4v) is 2.17. The van der Waals surface area contributed by atoms with E-state index >= 15 is 0 Å². The summed E-state index contributed by atoms with van der Waals surface area (Å²) in [5.74, 6) is -0.271. The second-order valence-electron chi connectivity index (χ2n) is 4.42. The maximum atomic E-state index is 11.5.